The molecule has 0 unspecified atom stereocenters. The van der Waals surface area contributed by atoms with Crippen LogP contribution in [0, 0.1) is 18.8 Å². The van der Waals surface area contributed by atoms with E-state index >= 15 is 0 Å². The number of aromatic nitrogens is 2. The van der Waals surface area contributed by atoms with Gasteiger partial charge in [0.15, 0.2) is 0 Å². The number of fused-ring (bicyclic) bond motifs is 2. The minimum Gasteiger partial charge on any atom is -0.351 e. The Labute approximate surface area is 181 Å². The molecule has 0 bridgehead atoms. The van der Waals surface area contributed by atoms with Gasteiger partial charge in [0.2, 0.25) is 0 Å². The maximum Gasteiger partial charge on any atom is 0.264 e. The van der Waals surface area contributed by atoms with Gasteiger partial charge in [-0.2, -0.15) is 0 Å². The maximum absolute atomic E-state index is 13.4. The summed E-state index contributed by atoms with van der Waals surface area (Å²) in [5.41, 5.74) is 3.81. The van der Waals surface area contributed by atoms with E-state index in [1.54, 1.807) is 6.33 Å². The van der Waals surface area contributed by atoms with Gasteiger partial charge in [0.25, 0.3) is 5.91 Å². The highest BCUT2D eigenvalue weighted by molar-refractivity contribution is 7.20. The first kappa shape index (κ1) is 19.5. The fraction of sp³-hybridized carbons (Fsp3) is 0.458. The number of anilines is 1. The molecule has 0 radical (unpaired) electrons. The molecule has 0 spiro atoms. The summed E-state index contributed by atoms with van der Waals surface area (Å²) in [5.74, 6) is 2.22. The molecule has 1 saturated heterocycles. The van der Waals surface area contributed by atoms with Crippen molar-refractivity contribution in [3.05, 3.63) is 52.2 Å². The highest BCUT2D eigenvalue weighted by Crippen LogP contribution is 2.37. The number of amides is 1. The first-order valence-corrected chi connectivity index (χ1v) is 11.7. The first-order valence-electron chi connectivity index (χ1n) is 10.9. The Balaban J connectivity index is 1.50. The van der Waals surface area contributed by atoms with Gasteiger partial charge in [-0.15, -0.1) is 11.3 Å². The molecule has 2 aromatic heterocycles. The van der Waals surface area contributed by atoms with Crippen LogP contribution in [0.3, 0.4) is 0 Å². The Morgan fingerprint density at radius 2 is 1.83 bits per heavy atom. The van der Waals surface area contributed by atoms with Crippen molar-refractivity contribution in [1.82, 2.24) is 14.9 Å². The van der Waals surface area contributed by atoms with Gasteiger partial charge in [-0.05, 0) is 48.3 Å². The van der Waals surface area contributed by atoms with Crippen LogP contribution in [0.2, 0.25) is 0 Å². The van der Waals surface area contributed by atoms with E-state index in [-0.39, 0.29) is 5.91 Å². The summed E-state index contributed by atoms with van der Waals surface area (Å²) < 4.78 is 0. The quantitative estimate of drug-likeness (QED) is 0.604. The van der Waals surface area contributed by atoms with E-state index < -0.39 is 0 Å². The maximum atomic E-state index is 13.4. The van der Waals surface area contributed by atoms with Crippen LogP contribution in [-0.2, 0) is 13.0 Å². The zero-order valence-corrected chi connectivity index (χ0v) is 18.7. The third kappa shape index (κ3) is 3.37. The molecule has 30 heavy (non-hydrogen) atoms. The number of likely N-dealkylation sites (tertiary alicyclic amines) is 1. The van der Waals surface area contributed by atoms with Crippen LogP contribution < -0.4 is 4.90 Å². The molecule has 5 nitrogen and oxygen atoms in total. The van der Waals surface area contributed by atoms with E-state index in [1.165, 1.54) is 28.9 Å². The van der Waals surface area contributed by atoms with Crippen molar-refractivity contribution in [2.24, 2.45) is 11.8 Å². The number of rotatable bonds is 2. The summed E-state index contributed by atoms with van der Waals surface area (Å²) in [4.78, 5) is 28.7. The number of nitrogens with zero attached hydrogens (tertiary/aromatic N) is 4. The molecule has 4 heterocycles. The number of aryl methyl sites for hydroxylation is 1. The van der Waals surface area contributed by atoms with E-state index in [0.29, 0.717) is 11.8 Å². The minimum absolute atomic E-state index is 0.156. The van der Waals surface area contributed by atoms with Gasteiger partial charge in [-0.3, -0.25) is 4.79 Å². The second kappa shape index (κ2) is 7.65. The predicted molar refractivity (Wildman–Crippen MR) is 122 cm³/mol. The molecule has 2 aliphatic rings. The van der Waals surface area contributed by atoms with Crippen molar-refractivity contribution in [2.75, 3.05) is 24.5 Å². The van der Waals surface area contributed by atoms with Gasteiger partial charge < -0.3 is 9.80 Å². The second-order valence-corrected chi connectivity index (χ2v) is 10.0. The Kier molecular flexibility index (Phi) is 4.97. The number of hydrogen-bond acceptors (Lipinski definition) is 5. The second-order valence-electron chi connectivity index (χ2n) is 9.03. The highest BCUT2D eigenvalue weighted by Gasteiger charge is 2.30. The molecule has 6 heteroatoms. The SMILES string of the molecule is Cc1c(C(=O)N2C[C@H](C)C[C@H](C)C2)sc2ncnc(N3CCc4ccccc4C3)c12. The molecular weight excluding hydrogens is 392 g/mol. The van der Waals surface area contributed by atoms with Gasteiger partial charge in [0.05, 0.1) is 10.3 Å². The molecule has 0 N–H and O–H groups in total. The van der Waals surface area contributed by atoms with E-state index in [9.17, 15) is 4.79 Å². The Hall–Kier alpha value is -2.47. The third-order valence-electron chi connectivity index (χ3n) is 6.49. The fourth-order valence-electron chi connectivity index (χ4n) is 5.15. The predicted octanol–water partition coefficient (Wildman–Crippen LogP) is 4.68. The van der Waals surface area contributed by atoms with E-state index in [0.717, 1.165) is 59.1 Å². The zero-order valence-electron chi connectivity index (χ0n) is 17.9. The molecule has 0 aliphatic carbocycles. The molecule has 5 rings (SSSR count). The molecule has 3 aromatic rings. The van der Waals surface area contributed by atoms with Gasteiger partial charge in [0.1, 0.15) is 17.0 Å². The molecule has 1 fully saturated rings. The summed E-state index contributed by atoms with van der Waals surface area (Å²) in [6, 6.07) is 8.63. The molecule has 0 saturated carbocycles. The van der Waals surface area contributed by atoms with Gasteiger partial charge in [-0.1, -0.05) is 38.1 Å². The van der Waals surface area contributed by atoms with Crippen LogP contribution in [0.15, 0.2) is 30.6 Å². The van der Waals surface area contributed by atoms with E-state index in [4.69, 9.17) is 0 Å². The van der Waals surface area contributed by atoms with Crippen LogP contribution in [-0.4, -0.2) is 40.4 Å². The number of piperidine rings is 1. The van der Waals surface area contributed by atoms with Crippen LogP contribution in [0.1, 0.15) is 46.6 Å². The summed E-state index contributed by atoms with van der Waals surface area (Å²) in [7, 11) is 0. The summed E-state index contributed by atoms with van der Waals surface area (Å²) >= 11 is 1.52. The highest BCUT2D eigenvalue weighted by atomic mass is 32.1. The Bertz CT molecular complexity index is 1100. The smallest absolute Gasteiger partial charge is 0.264 e. The van der Waals surface area contributed by atoms with Gasteiger partial charge in [0, 0.05) is 26.2 Å². The number of thiophene rings is 1. The normalized spacial score (nSPS) is 21.7. The standard InChI is InChI=1S/C24H28N4OS/c1-15-10-16(2)12-28(11-15)24(29)21-17(3)20-22(25-14-26-23(20)30-21)27-9-8-18-6-4-5-7-19(18)13-27/h4-7,14-16H,8-13H2,1-3H3/t15-,16+. The van der Waals surface area contributed by atoms with Gasteiger partial charge >= 0.3 is 0 Å². The Morgan fingerprint density at radius 1 is 1.10 bits per heavy atom. The molecule has 1 aromatic carbocycles. The first-order chi connectivity index (χ1) is 14.5. The molecule has 1 amide bonds. The van der Waals surface area contributed by atoms with Gasteiger partial charge in [-0.25, -0.2) is 9.97 Å². The zero-order chi connectivity index (χ0) is 20.8. The topological polar surface area (TPSA) is 49.3 Å². The molecule has 156 valence electrons. The van der Waals surface area contributed by atoms with Crippen molar-refractivity contribution in [1.29, 1.82) is 0 Å². The number of carbonyl (C=O) groups excluding carboxylic acids is 1. The monoisotopic (exact) mass is 420 g/mol. The lowest BCUT2D eigenvalue weighted by Crippen LogP contribution is -2.42. The average Bonchev–Trinajstić information content (AvgIpc) is 3.09. The lowest BCUT2D eigenvalue weighted by Gasteiger charge is -2.34. The van der Waals surface area contributed by atoms with Crippen molar-refractivity contribution in [2.45, 2.75) is 40.2 Å². The molecule has 2 aliphatic heterocycles. The van der Waals surface area contributed by atoms with Crippen molar-refractivity contribution in [3.63, 3.8) is 0 Å². The number of benzene rings is 1. The minimum atomic E-state index is 0.156. The lowest BCUT2D eigenvalue weighted by molar-refractivity contribution is 0.0627. The Morgan fingerprint density at radius 3 is 2.60 bits per heavy atom. The van der Waals surface area contributed by atoms with Crippen molar-refractivity contribution in [3.8, 4) is 0 Å². The number of hydrogen-bond donors (Lipinski definition) is 0. The van der Waals surface area contributed by atoms with Crippen molar-refractivity contribution < 1.29 is 4.79 Å². The van der Waals surface area contributed by atoms with Crippen LogP contribution >= 0.6 is 11.3 Å². The molecular formula is C24H28N4OS. The summed E-state index contributed by atoms with van der Waals surface area (Å²) in [5, 5.41) is 1.04. The average molecular weight is 421 g/mol. The largest absolute Gasteiger partial charge is 0.351 e. The number of carbonyl (C=O) groups is 1. The summed E-state index contributed by atoms with van der Waals surface area (Å²) in [6.45, 7) is 10.0. The molecule has 2 atom stereocenters. The lowest BCUT2D eigenvalue weighted by atomic mass is 9.92. The summed E-state index contributed by atoms with van der Waals surface area (Å²) in [6.07, 6.45) is 3.86. The third-order valence-corrected chi connectivity index (χ3v) is 7.68. The van der Waals surface area contributed by atoms with E-state index in [2.05, 4.69) is 59.9 Å². The van der Waals surface area contributed by atoms with E-state index in [1.807, 2.05) is 4.90 Å². The van der Waals surface area contributed by atoms with Crippen LogP contribution in [0.5, 0.6) is 0 Å². The fourth-order valence-corrected chi connectivity index (χ4v) is 6.26. The van der Waals surface area contributed by atoms with Crippen LogP contribution in [0.4, 0.5) is 5.82 Å². The van der Waals surface area contributed by atoms with Crippen LogP contribution in [0.25, 0.3) is 10.2 Å². The van der Waals surface area contributed by atoms with Crippen molar-refractivity contribution >= 4 is 33.3 Å².